The molecule has 1 aliphatic rings. The third-order valence-electron chi connectivity index (χ3n) is 7.38. The van der Waals surface area contributed by atoms with Crippen LogP contribution >= 0.6 is 0 Å². The molecule has 234 valence electrons. The number of amides is 1. The molecular formula is C34H40N6O4Si. The van der Waals surface area contributed by atoms with Gasteiger partial charge in [-0.1, -0.05) is 25.7 Å². The van der Waals surface area contributed by atoms with Crippen LogP contribution in [0, 0.1) is 11.3 Å². The SMILES string of the molecule is CC(C)(C)OC(=O)N(c1cc(C#N)ccn1)c1cc(C2CC2)cc(-c2ccc3c(c2)ncn3CCC(=O)OCC[Si](C)(C)C)n1. The zero-order valence-corrected chi connectivity index (χ0v) is 27.8. The van der Waals surface area contributed by atoms with Crippen molar-refractivity contribution in [1.82, 2.24) is 19.5 Å². The average molecular weight is 625 g/mol. The fourth-order valence-corrected chi connectivity index (χ4v) is 5.54. The van der Waals surface area contributed by atoms with Gasteiger partial charge in [0.2, 0.25) is 0 Å². The highest BCUT2D eigenvalue weighted by atomic mass is 28.3. The molecule has 5 rings (SSSR count). The fourth-order valence-electron chi connectivity index (χ4n) is 4.83. The first-order chi connectivity index (χ1) is 21.3. The van der Waals surface area contributed by atoms with E-state index in [2.05, 4.69) is 41.7 Å². The average Bonchev–Trinajstić information content (AvgIpc) is 3.74. The summed E-state index contributed by atoms with van der Waals surface area (Å²) in [6, 6.07) is 16.1. The van der Waals surface area contributed by atoms with E-state index in [1.165, 1.54) is 11.1 Å². The number of carbonyl (C=O) groups excluding carboxylic acids is 2. The maximum absolute atomic E-state index is 13.6. The van der Waals surface area contributed by atoms with Gasteiger partial charge in [0.25, 0.3) is 0 Å². The number of aryl methyl sites for hydroxylation is 1. The Labute approximate surface area is 265 Å². The van der Waals surface area contributed by atoms with Gasteiger partial charge >= 0.3 is 12.1 Å². The van der Waals surface area contributed by atoms with Gasteiger partial charge in [-0.25, -0.2) is 24.6 Å². The summed E-state index contributed by atoms with van der Waals surface area (Å²) in [7, 11) is -1.26. The maximum Gasteiger partial charge on any atom is 0.421 e. The number of imidazole rings is 1. The largest absolute Gasteiger partial charge is 0.466 e. The van der Waals surface area contributed by atoms with Crippen LogP contribution in [0.25, 0.3) is 22.3 Å². The van der Waals surface area contributed by atoms with Crippen LogP contribution in [0.15, 0.2) is 55.0 Å². The lowest BCUT2D eigenvalue weighted by Crippen LogP contribution is -2.35. The van der Waals surface area contributed by atoms with E-state index in [1.54, 1.807) is 39.2 Å². The number of benzene rings is 1. The van der Waals surface area contributed by atoms with Gasteiger partial charge in [-0.05, 0) is 87.5 Å². The van der Waals surface area contributed by atoms with Crippen LogP contribution < -0.4 is 4.90 Å². The number of hydrogen-bond donors (Lipinski definition) is 0. The lowest BCUT2D eigenvalue weighted by Gasteiger charge is -2.27. The van der Waals surface area contributed by atoms with Crippen molar-refractivity contribution < 1.29 is 19.1 Å². The molecule has 0 saturated heterocycles. The van der Waals surface area contributed by atoms with Crippen molar-refractivity contribution in [2.45, 2.75) is 83.8 Å². The number of carbonyl (C=O) groups is 2. The molecule has 1 fully saturated rings. The van der Waals surface area contributed by atoms with Crippen LogP contribution in [0.2, 0.25) is 25.7 Å². The maximum atomic E-state index is 13.6. The predicted molar refractivity (Wildman–Crippen MR) is 176 cm³/mol. The molecule has 1 aliphatic carbocycles. The predicted octanol–water partition coefficient (Wildman–Crippen LogP) is 7.59. The Balaban J connectivity index is 1.45. The second-order valence-corrected chi connectivity index (χ2v) is 19.3. The number of ether oxygens (including phenoxy) is 2. The summed E-state index contributed by atoms with van der Waals surface area (Å²) in [6.45, 7) is 13.1. The number of rotatable bonds is 10. The lowest BCUT2D eigenvalue weighted by atomic mass is 10.1. The molecule has 3 aromatic heterocycles. The van der Waals surface area contributed by atoms with E-state index in [-0.39, 0.29) is 18.2 Å². The first kappa shape index (κ1) is 31.8. The van der Waals surface area contributed by atoms with Crippen LogP contribution in [0.3, 0.4) is 0 Å². The summed E-state index contributed by atoms with van der Waals surface area (Å²) in [5.41, 5.74) is 3.87. The molecule has 11 heteroatoms. The van der Waals surface area contributed by atoms with E-state index in [0.29, 0.717) is 36.1 Å². The molecule has 3 heterocycles. The quantitative estimate of drug-likeness (QED) is 0.131. The summed E-state index contributed by atoms with van der Waals surface area (Å²) in [5, 5.41) is 9.51. The number of nitriles is 1. The summed E-state index contributed by atoms with van der Waals surface area (Å²) < 4.78 is 13.2. The Morgan fingerprint density at radius 1 is 1.07 bits per heavy atom. The fraction of sp³-hybridized carbons (Fsp3) is 0.412. The minimum Gasteiger partial charge on any atom is -0.466 e. The molecule has 0 atom stereocenters. The number of esters is 1. The molecule has 10 nitrogen and oxygen atoms in total. The Bertz CT molecular complexity index is 1760. The molecule has 0 unspecified atom stereocenters. The highest BCUT2D eigenvalue weighted by molar-refractivity contribution is 6.76. The van der Waals surface area contributed by atoms with E-state index in [4.69, 9.17) is 14.5 Å². The summed E-state index contributed by atoms with van der Waals surface area (Å²) in [4.78, 5) is 41.2. The smallest absolute Gasteiger partial charge is 0.421 e. The van der Waals surface area contributed by atoms with Crippen molar-refractivity contribution in [3.8, 4) is 17.3 Å². The number of nitrogens with zero attached hydrogens (tertiary/aromatic N) is 6. The van der Waals surface area contributed by atoms with Gasteiger partial charge in [0.1, 0.15) is 17.2 Å². The first-order valence-corrected chi connectivity index (χ1v) is 19.0. The summed E-state index contributed by atoms with van der Waals surface area (Å²) in [6.07, 6.45) is 4.98. The molecule has 0 N–H and O–H groups in total. The molecular weight excluding hydrogens is 584 g/mol. The Morgan fingerprint density at radius 2 is 1.84 bits per heavy atom. The van der Waals surface area contributed by atoms with Crippen molar-refractivity contribution >= 4 is 42.8 Å². The van der Waals surface area contributed by atoms with Crippen molar-refractivity contribution in [1.29, 1.82) is 5.26 Å². The number of fused-ring (bicyclic) bond motifs is 1. The van der Waals surface area contributed by atoms with Gasteiger partial charge in [-0.15, -0.1) is 0 Å². The Kier molecular flexibility index (Phi) is 9.07. The van der Waals surface area contributed by atoms with Crippen molar-refractivity contribution in [3.05, 3.63) is 66.1 Å². The van der Waals surface area contributed by atoms with Crippen LogP contribution in [0.4, 0.5) is 16.4 Å². The summed E-state index contributed by atoms with van der Waals surface area (Å²) >= 11 is 0. The minimum absolute atomic E-state index is 0.204. The first-order valence-electron chi connectivity index (χ1n) is 15.3. The van der Waals surface area contributed by atoms with Gasteiger partial charge in [0.05, 0.1) is 47.7 Å². The minimum atomic E-state index is -1.26. The number of hydrogen-bond acceptors (Lipinski definition) is 8. The summed E-state index contributed by atoms with van der Waals surface area (Å²) in [5.74, 6) is 0.787. The van der Waals surface area contributed by atoms with E-state index < -0.39 is 19.8 Å². The van der Waals surface area contributed by atoms with E-state index in [9.17, 15) is 14.9 Å². The third kappa shape index (κ3) is 8.33. The van der Waals surface area contributed by atoms with Crippen molar-refractivity contribution in [2.75, 3.05) is 11.5 Å². The van der Waals surface area contributed by atoms with Crippen LogP contribution in [0.1, 0.15) is 57.1 Å². The molecule has 1 saturated carbocycles. The molecule has 4 aromatic rings. The second-order valence-electron chi connectivity index (χ2n) is 13.7. The molecule has 0 spiro atoms. The molecule has 45 heavy (non-hydrogen) atoms. The van der Waals surface area contributed by atoms with Crippen molar-refractivity contribution in [3.63, 3.8) is 0 Å². The normalized spacial score (nSPS) is 13.4. The Hall–Kier alpha value is -4.56. The Morgan fingerprint density at radius 3 is 2.53 bits per heavy atom. The number of anilines is 2. The van der Waals surface area contributed by atoms with Crippen LogP contribution in [0.5, 0.6) is 0 Å². The van der Waals surface area contributed by atoms with Crippen LogP contribution in [-0.4, -0.2) is 51.9 Å². The highest BCUT2D eigenvalue weighted by Crippen LogP contribution is 2.43. The standard InChI is InChI=1S/C34H40N6O4Si/c1-34(2,3)44-33(42)40(30-17-23(21-35)11-13-36-30)31-20-26(24-7-8-24)19-27(38-31)25-9-10-29-28(18-25)37-22-39(29)14-12-32(41)43-15-16-45(4,5)6/h9-11,13,17-20,22,24H,7-8,12,14-16H2,1-6H3. The van der Waals surface area contributed by atoms with Gasteiger partial charge in [0.15, 0.2) is 0 Å². The molecule has 1 amide bonds. The van der Waals surface area contributed by atoms with Gasteiger partial charge < -0.3 is 14.0 Å². The molecule has 1 aromatic carbocycles. The molecule has 0 aliphatic heterocycles. The number of pyridine rings is 2. The zero-order valence-electron chi connectivity index (χ0n) is 26.8. The molecule has 0 radical (unpaired) electrons. The van der Waals surface area contributed by atoms with E-state index in [0.717, 1.165) is 41.0 Å². The van der Waals surface area contributed by atoms with E-state index >= 15 is 0 Å². The highest BCUT2D eigenvalue weighted by Gasteiger charge is 2.31. The zero-order chi connectivity index (χ0) is 32.4. The topological polar surface area (TPSA) is 123 Å². The van der Waals surface area contributed by atoms with Gasteiger partial charge in [-0.2, -0.15) is 5.26 Å². The van der Waals surface area contributed by atoms with E-state index in [1.807, 2.05) is 28.8 Å². The van der Waals surface area contributed by atoms with Gasteiger partial charge in [-0.3, -0.25) is 4.79 Å². The van der Waals surface area contributed by atoms with Crippen LogP contribution in [-0.2, 0) is 20.8 Å². The van der Waals surface area contributed by atoms with Crippen molar-refractivity contribution in [2.24, 2.45) is 0 Å². The monoisotopic (exact) mass is 624 g/mol. The van der Waals surface area contributed by atoms with Gasteiger partial charge in [0, 0.05) is 26.4 Å². The lowest BCUT2D eigenvalue weighted by molar-refractivity contribution is -0.143. The number of aromatic nitrogens is 4. The molecule has 0 bridgehead atoms. The second kappa shape index (κ2) is 12.8. The third-order valence-corrected chi connectivity index (χ3v) is 9.08.